The number of carboxylic acids is 1. The smallest absolute Gasteiger partial charge is 0.333 e. The van der Waals surface area contributed by atoms with Gasteiger partial charge in [-0.2, -0.15) is 0 Å². The van der Waals surface area contributed by atoms with E-state index in [1.165, 1.54) is 0 Å². The Morgan fingerprint density at radius 2 is 1.85 bits per heavy atom. The highest BCUT2D eigenvalue weighted by atomic mass is 16.5. The van der Waals surface area contributed by atoms with Crippen LogP contribution in [0.15, 0.2) is 48.5 Å². The van der Waals surface area contributed by atoms with E-state index in [4.69, 9.17) is 19.3 Å². The predicted molar refractivity (Wildman–Crippen MR) is 96.6 cm³/mol. The molecule has 2 aromatic rings. The van der Waals surface area contributed by atoms with Crippen molar-refractivity contribution in [2.75, 3.05) is 20.3 Å². The maximum absolute atomic E-state index is 11.1. The predicted octanol–water partition coefficient (Wildman–Crippen LogP) is 2.84. The van der Waals surface area contributed by atoms with Crippen LogP contribution in [0.3, 0.4) is 0 Å². The molecular formula is C20H24O6. The molecule has 0 bridgehead atoms. The molecule has 0 fully saturated rings. The third-order valence-corrected chi connectivity index (χ3v) is 3.87. The van der Waals surface area contributed by atoms with E-state index in [1.807, 2.05) is 12.1 Å². The fourth-order valence-corrected chi connectivity index (χ4v) is 2.47. The summed E-state index contributed by atoms with van der Waals surface area (Å²) in [7, 11) is 1.57. The van der Waals surface area contributed by atoms with Crippen LogP contribution < -0.4 is 9.47 Å². The number of methoxy groups -OCH3 is 1. The van der Waals surface area contributed by atoms with Crippen LogP contribution in [0.2, 0.25) is 0 Å². The number of hydrogen-bond acceptors (Lipinski definition) is 5. The maximum atomic E-state index is 11.1. The minimum absolute atomic E-state index is 0.100. The highest BCUT2D eigenvalue weighted by molar-refractivity contribution is 5.72. The quantitative estimate of drug-likeness (QED) is 0.678. The first-order valence-electron chi connectivity index (χ1n) is 8.41. The lowest BCUT2D eigenvalue weighted by Gasteiger charge is -2.15. The van der Waals surface area contributed by atoms with Crippen molar-refractivity contribution in [3.05, 3.63) is 59.7 Å². The van der Waals surface area contributed by atoms with Crippen molar-refractivity contribution >= 4 is 5.97 Å². The summed E-state index contributed by atoms with van der Waals surface area (Å²) in [5, 5.41) is 19.4. The third kappa shape index (κ3) is 5.75. The average Bonchev–Trinajstić information content (AvgIpc) is 2.66. The van der Waals surface area contributed by atoms with Crippen LogP contribution in [-0.2, 0) is 16.0 Å². The first-order chi connectivity index (χ1) is 12.5. The van der Waals surface area contributed by atoms with E-state index in [2.05, 4.69) is 0 Å². The van der Waals surface area contributed by atoms with E-state index >= 15 is 0 Å². The second-order valence-electron chi connectivity index (χ2n) is 5.73. The summed E-state index contributed by atoms with van der Waals surface area (Å²) in [4.78, 5) is 11.1. The summed E-state index contributed by atoms with van der Waals surface area (Å²) < 4.78 is 16.0. The van der Waals surface area contributed by atoms with Gasteiger partial charge in [0.1, 0.15) is 24.2 Å². The molecule has 6 heteroatoms. The first kappa shape index (κ1) is 19.8. The molecule has 0 saturated carbocycles. The molecule has 2 rings (SSSR count). The Hall–Kier alpha value is -2.57. The molecule has 2 atom stereocenters. The monoisotopic (exact) mass is 360 g/mol. The van der Waals surface area contributed by atoms with Gasteiger partial charge in [-0.3, -0.25) is 0 Å². The minimum atomic E-state index is -0.978. The number of carboxylic acid groups (broad SMARTS) is 1. The molecule has 2 aromatic carbocycles. The molecule has 0 radical (unpaired) electrons. The van der Waals surface area contributed by atoms with E-state index in [0.717, 1.165) is 5.56 Å². The van der Waals surface area contributed by atoms with Gasteiger partial charge >= 0.3 is 5.97 Å². The number of aliphatic hydroxyl groups is 1. The summed E-state index contributed by atoms with van der Waals surface area (Å²) in [5.74, 6) is 0.292. The van der Waals surface area contributed by atoms with Crippen molar-refractivity contribution in [2.24, 2.45) is 0 Å². The molecule has 0 aliphatic carbocycles. The normalized spacial score (nSPS) is 13.0. The van der Waals surface area contributed by atoms with Crippen LogP contribution in [0.25, 0.3) is 0 Å². The number of aliphatic hydroxyl groups excluding tert-OH is 1. The average molecular weight is 360 g/mol. The minimum Gasteiger partial charge on any atom is -0.497 e. The van der Waals surface area contributed by atoms with E-state index in [-0.39, 0.29) is 13.0 Å². The molecular weight excluding hydrogens is 336 g/mol. The van der Waals surface area contributed by atoms with Gasteiger partial charge in [0.2, 0.25) is 0 Å². The fourth-order valence-electron chi connectivity index (χ4n) is 2.47. The van der Waals surface area contributed by atoms with Gasteiger partial charge in [-0.15, -0.1) is 0 Å². The molecule has 0 amide bonds. The number of ether oxygens (including phenoxy) is 3. The number of rotatable bonds is 10. The van der Waals surface area contributed by atoms with Gasteiger partial charge in [-0.1, -0.05) is 24.3 Å². The van der Waals surface area contributed by atoms with Crippen molar-refractivity contribution in [2.45, 2.75) is 25.6 Å². The lowest BCUT2D eigenvalue weighted by atomic mass is 10.1. The van der Waals surface area contributed by atoms with Crippen LogP contribution in [0.4, 0.5) is 0 Å². The van der Waals surface area contributed by atoms with Crippen molar-refractivity contribution in [1.29, 1.82) is 0 Å². The Bertz CT molecular complexity index is 698. The Morgan fingerprint density at radius 1 is 1.12 bits per heavy atom. The second kappa shape index (κ2) is 9.79. The molecule has 0 saturated heterocycles. The molecule has 26 heavy (non-hydrogen) atoms. The molecule has 0 heterocycles. The van der Waals surface area contributed by atoms with Gasteiger partial charge in [0.05, 0.1) is 7.11 Å². The molecule has 0 aliphatic rings. The van der Waals surface area contributed by atoms with Gasteiger partial charge in [-0.25, -0.2) is 4.79 Å². The van der Waals surface area contributed by atoms with Gasteiger partial charge in [0, 0.05) is 13.0 Å². The second-order valence-corrected chi connectivity index (χ2v) is 5.73. The maximum Gasteiger partial charge on any atom is 0.333 e. The highest BCUT2D eigenvalue weighted by Gasteiger charge is 2.18. The van der Waals surface area contributed by atoms with Gasteiger partial charge in [-0.05, 0) is 42.3 Å². The summed E-state index contributed by atoms with van der Waals surface area (Å²) >= 11 is 0. The van der Waals surface area contributed by atoms with Crippen LogP contribution in [0.5, 0.6) is 11.5 Å². The summed E-state index contributed by atoms with van der Waals surface area (Å²) in [6.45, 7) is 2.21. The van der Waals surface area contributed by atoms with Gasteiger partial charge in [0.25, 0.3) is 0 Å². The van der Waals surface area contributed by atoms with E-state index < -0.39 is 18.2 Å². The third-order valence-electron chi connectivity index (χ3n) is 3.87. The van der Waals surface area contributed by atoms with Gasteiger partial charge < -0.3 is 24.4 Å². The molecule has 140 valence electrons. The largest absolute Gasteiger partial charge is 0.497 e. The SMILES string of the molecule is CCOC(Cc1ccc(OCC(O)c2cccc(OC)c2)cc1)C(=O)O. The Balaban J connectivity index is 1.91. The summed E-state index contributed by atoms with van der Waals surface area (Å²) in [6.07, 6.45) is -1.35. The lowest BCUT2D eigenvalue weighted by Crippen LogP contribution is -2.26. The number of hydrogen-bond donors (Lipinski definition) is 2. The Morgan fingerprint density at radius 3 is 2.46 bits per heavy atom. The topological polar surface area (TPSA) is 85.2 Å². The summed E-state index contributed by atoms with van der Waals surface area (Å²) in [5.41, 5.74) is 1.55. The first-order valence-corrected chi connectivity index (χ1v) is 8.41. The van der Waals surface area contributed by atoms with E-state index in [9.17, 15) is 9.90 Å². The fraction of sp³-hybridized carbons (Fsp3) is 0.350. The highest BCUT2D eigenvalue weighted by Crippen LogP contribution is 2.21. The number of carbonyl (C=O) groups is 1. The molecule has 0 aliphatic heterocycles. The van der Waals surface area contributed by atoms with Crippen molar-refractivity contribution in [1.82, 2.24) is 0 Å². The number of benzene rings is 2. The molecule has 0 spiro atoms. The molecule has 0 aromatic heterocycles. The van der Waals surface area contributed by atoms with E-state index in [0.29, 0.717) is 23.7 Å². The van der Waals surface area contributed by atoms with Crippen LogP contribution >= 0.6 is 0 Å². The van der Waals surface area contributed by atoms with E-state index in [1.54, 1.807) is 50.4 Å². The van der Waals surface area contributed by atoms with Crippen molar-refractivity contribution in [3.63, 3.8) is 0 Å². The van der Waals surface area contributed by atoms with Crippen LogP contribution in [-0.4, -0.2) is 42.6 Å². The Labute approximate surface area is 152 Å². The standard InChI is InChI=1S/C20H24O6/c1-3-25-19(20(22)23)11-14-7-9-16(10-8-14)26-13-18(21)15-5-4-6-17(12-15)24-2/h4-10,12,18-19,21H,3,11,13H2,1-2H3,(H,22,23). The van der Waals surface area contributed by atoms with Gasteiger partial charge in [0.15, 0.2) is 6.10 Å². The summed E-state index contributed by atoms with van der Waals surface area (Å²) in [6, 6.07) is 14.3. The zero-order valence-electron chi connectivity index (χ0n) is 14.9. The van der Waals surface area contributed by atoms with Crippen molar-refractivity contribution < 1.29 is 29.2 Å². The Kier molecular flexibility index (Phi) is 7.44. The molecule has 6 nitrogen and oxygen atoms in total. The van der Waals surface area contributed by atoms with Crippen molar-refractivity contribution in [3.8, 4) is 11.5 Å². The molecule has 2 unspecified atom stereocenters. The zero-order chi connectivity index (χ0) is 18.9. The number of aliphatic carboxylic acids is 1. The lowest BCUT2D eigenvalue weighted by molar-refractivity contribution is -0.149. The molecule has 2 N–H and O–H groups in total. The van der Waals surface area contributed by atoms with Crippen LogP contribution in [0.1, 0.15) is 24.2 Å². The zero-order valence-corrected chi connectivity index (χ0v) is 14.9. The van der Waals surface area contributed by atoms with Crippen LogP contribution in [0, 0.1) is 0 Å².